The molecular weight excluding hydrogens is 386 g/mol. The summed E-state index contributed by atoms with van der Waals surface area (Å²) in [6, 6.07) is 17.1. The Morgan fingerprint density at radius 1 is 1.10 bits per heavy atom. The van der Waals surface area contributed by atoms with Crippen LogP contribution in [-0.4, -0.2) is 58.2 Å². The zero-order valence-corrected chi connectivity index (χ0v) is 19.0. The molecule has 0 aliphatic rings. The number of guanidine groups is 1. The Bertz CT molecular complexity index is 935. The maximum Gasteiger partial charge on any atom is 0.191 e. The SMILES string of the molecule is CCNC(=NCCCc1nnc2ccccn12)NCCC(C)N(C)Cc1ccccc1. The van der Waals surface area contributed by atoms with E-state index in [-0.39, 0.29) is 0 Å². The van der Waals surface area contributed by atoms with Crippen LogP contribution in [0, 0.1) is 0 Å². The highest BCUT2D eigenvalue weighted by molar-refractivity contribution is 5.79. The molecule has 0 bridgehead atoms. The van der Waals surface area contributed by atoms with E-state index >= 15 is 0 Å². The van der Waals surface area contributed by atoms with Crippen molar-refractivity contribution in [2.75, 3.05) is 26.7 Å². The molecule has 31 heavy (non-hydrogen) atoms. The Balaban J connectivity index is 1.40. The molecule has 3 rings (SSSR count). The summed E-state index contributed by atoms with van der Waals surface area (Å²) in [6.45, 7) is 7.83. The molecule has 7 nitrogen and oxygen atoms in total. The summed E-state index contributed by atoms with van der Waals surface area (Å²) < 4.78 is 2.04. The summed E-state index contributed by atoms with van der Waals surface area (Å²) in [4.78, 5) is 7.12. The number of hydrogen-bond donors (Lipinski definition) is 2. The minimum absolute atomic E-state index is 0.483. The second-order valence-electron chi connectivity index (χ2n) is 7.87. The quantitative estimate of drug-likeness (QED) is 0.283. The number of fused-ring (bicyclic) bond motifs is 1. The number of rotatable bonds is 11. The number of hydrogen-bond acceptors (Lipinski definition) is 4. The van der Waals surface area contributed by atoms with Crippen LogP contribution in [0.15, 0.2) is 59.7 Å². The van der Waals surface area contributed by atoms with Crippen molar-refractivity contribution in [3.05, 3.63) is 66.1 Å². The van der Waals surface area contributed by atoms with Crippen LogP contribution in [0.4, 0.5) is 0 Å². The maximum absolute atomic E-state index is 4.73. The maximum atomic E-state index is 4.73. The first-order valence-electron chi connectivity index (χ1n) is 11.2. The van der Waals surface area contributed by atoms with Gasteiger partial charge in [-0.1, -0.05) is 36.4 Å². The van der Waals surface area contributed by atoms with Crippen molar-refractivity contribution >= 4 is 11.6 Å². The lowest BCUT2D eigenvalue weighted by Crippen LogP contribution is -2.40. The van der Waals surface area contributed by atoms with E-state index in [1.807, 2.05) is 28.8 Å². The smallest absolute Gasteiger partial charge is 0.191 e. The predicted molar refractivity (Wildman–Crippen MR) is 127 cm³/mol. The minimum atomic E-state index is 0.483. The van der Waals surface area contributed by atoms with Crippen molar-refractivity contribution in [3.8, 4) is 0 Å². The number of pyridine rings is 1. The van der Waals surface area contributed by atoms with Gasteiger partial charge < -0.3 is 10.6 Å². The second kappa shape index (κ2) is 12.1. The van der Waals surface area contributed by atoms with E-state index in [1.165, 1.54) is 5.56 Å². The standard InChI is InChI=1S/C24H35N7/c1-4-25-24(26-16-10-14-23-29-28-22-13-8-9-18-31(22)23)27-17-15-20(2)30(3)19-21-11-6-5-7-12-21/h5-9,11-13,18,20H,4,10,14-17,19H2,1-3H3,(H2,25,26,27). The van der Waals surface area contributed by atoms with Gasteiger partial charge in [-0.15, -0.1) is 10.2 Å². The molecule has 166 valence electrons. The molecule has 7 heteroatoms. The van der Waals surface area contributed by atoms with E-state index in [0.717, 1.165) is 62.9 Å². The zero-order valence-electron chi connectivity index (χ0n) is 19.0. The Hall–Kier alpha value is -2.93. The largest absolute Gasteiger partial charge is 0.357 e. The first-order chi connectivity index (χ1) is 15.2. The van der Waals surface area contributed by atoms with Crippen LogP contribution >= 0.6 is 0 Å². The van der Waals surface area contributed by atoms with E-state index in [9.17, 15) is 0 Å². The molecule has 0 saturated heterocycles. The van der Waals surface area contributed by atoms with Gasteiger partial charge in [-0.05, 0) is 51.4 Å². The fraction of sp³-hybridized carbons (Fsp3) is 0.458. The number of aromatic nitrogens is 3. The molecule has 3 aromatic rings. The van der Waals surface area contributed by atoms with Gasteiger partial charge in [0, 0.05) is 44.8 Å². The molecule has 2 heterocycles. The van der Waals surface area contributed by atoms with Crippen LogP contribution in [0.1, 0.15) is 38.1 Å². The molecule has 0 spiro atoms. The third-order valence-electron chi connectivity index (χ3n) is 5.44. The van der Waals surface area contributed by atoms with Gasteiger partial charge in [-0.3, -0.25) is 14.3 Å². The molecule has 0 amide bonds. The van der Waals surface area contributed by atoms with Crippen molar-refractivity contribution in [2.45, 2.75) is 45.7 Å². The lowest BCUT2D eigenvalue weighted by molar-refractivity contribution is 0.238. The Kier molecular flexibility index (Phi) is 8.84. The summed E-state index contributed by atoms with van der Waals surface area (Å²) in [5, 5.41) is 15.3. The van der Waals surface area contributed by atoms with E-state index < -0.39 is 0 Å². The number of aryl methyl sites for hydroxylation is 1. The lowest BCUT2D eigenvalue weighted by atomic mass is 10.1. The summed E-state index contributed by atoms with van der Waals surface area (Å²) in [5.41, 5.74) is 2.24. The van der Waals surface area contributed by atoms with Gasteiger partial charge in [0.25, 0.3) is 0 Å². The third-order valence-corrected chi connectivity index (χ3v) is 5.44. The fourth-order valence-electron chi connectivity index (χ4n) is 3.48. The highest BCUT2D eigenvalue weighted by Crippen LogP contribution is 2.08. The molecule has 2 N–H and O–H groups in total. The molecule has 0 saturated carbocycles. The molecule has 1 atom stereocenters. The number of aliphatic imine (C=N–C) groups is 1. The fourth-order valence-corrected chi connectivity index (χ4v) is 3.48. The van der Waals surface area contributed by atoms with Gasteiger partial charge in [0.15, 0.2) is 11.6 Å². The van der Waals surface area contributed by atoms with Crippen molar-refractivity contribution in [3.63, 3.8) is 0 Å². The van der Waals surface area contributed by atoms with Crippen LogP contribution in [0.2, 0.25) is 0 Å². The minimum Gasteiger partial charge on any atom is -0.357 e. The monoisotopic (exact) mass is 421 g/mol. The van der Waals surface area contributed by atoms with Crippen LogP contribution in [-0.2, 0) is 13.0 Å². The number of benzene rings is 1. The van der Waals surface area contributed by atoms with Crippen LogP contribution in [0.5, 0.6) is 0 Å². The summed E-state index contributed by atoms with van der Waals surface area (Å²) in [5.74, 6) is 1.87. The van der Waals surface area contributed by atoms with Gasteiger partial charge in [0.1, 0.15) is 5.82 Å². The molecule has 1 aromatic carbocycles. The molecule has 0 aliphatic heterocycles. The van der Waals surface area contributed by atoms with Crippen molar-refractivity contribution in [1.29, 1.82) is 0 Å². The number of nitrogens with zero attached hydrogens (tertiary/aromatic N) is 5. The summed E-state index contributed by atoms with van der Waals surface area (Å²) >= 11 is 0. The first-order valence-corrected chi connectivity index (χ1v) is 11.2. The van der Waals surface area contributed by atoms with Crippen molar-refractivity contribution in [1.82, 2.24) is 30.1 Å². The van der Waals surface area contributed by atoms with Crippen LogP contribution in [0.3, 0.4) is 0 Å². The molecule has 2 aromatic heterocycles. The highest BCUT2D eigenvalue weighted by Gasteiger charge is 2.10. The Labute approximate surface area is 185 Å². The normalized spacial score (nSPS) is 13.0. The van der Waals surface area contributed by atoms with E-state index in [0.29, 0.717) is 6.04 Å². The van der Waals surface area contributed by atoms with Crippen LogP contribution in [0.25, 0.3) is 5.65 Å². The van der Waals surface area contributed by atoms with Gasteiger partial charge >= 0.3 is 0 Å². The molecule has 0 aliphatic carbocycles. The van der Waals surface area contributed by atoms with E-state index in [4.69, 9.17) is 4.99 Å². The molecule has 0 radical (unpaired) electrons. The zero-order chi connectivity index (χ0) is 21.9. The third kappa shape index (κ3) is 7.07. The topological polar surface area (TPSA) is 69.8 Å². The molecular formula is C24H35N7. The van der Waals surface area contributed by atoms with Crippen LogP contribution < -0.4 is 10.6 Å². The lowest BCUT2D eigenvalue weighted by Gasteiger charge is -2.25. The predicted octanol–water partition coefficient (Wildman–Crippen LogP) is 3.13. The first kappa shape index (κ1) is 22.7. The van der Waals surface area contributed by atoms with Gasteiger partial charge in [-0.25, -0.2) is 0 Å². The summed E-state index contributed by atoms with van der Waals surface area (Å²) in [6.07, 6.45) is 4.85. The average Bonchev–Trinajstić information content (AvgIpc) is 3.20. The Morgan fingerprint density at radius 2 is 1.90 bits per heavy atom. The number of nitrogens with one attached hydrogen (secondary N) is 2. The molecule has 1 unspecified atom stereocenters. The van der Waals surface area contributed by atoms with E-state index in [2.05, 4.69) is 77.0 Å². The van der Waals surface area contributed by atoms with Gasteiger partial charge in [-0.2, -0.15) is 0 Å². The van der Waals surface area contributed by atoms with E-state index in [1.54, 1.807) is 0 Å². The summed E-state index contributed by atoms with van der Waals surface area (Å²) in [7, 11) is 2.19. The molecule has 0 fully saturated rings. The average molecular weight is 422 g/mol. The van der Waals surface area contributed by atoms with Gasteiger partial charge in [0.2, 0.25) is 0 Å². The van der Waals surface area contributed by atoms with Crippen molar-refractivity contribution in [2.24, 2.45) is 4.99 Å². The highest BCUT2D eigenvalue weighted by atomic mass is 15.2. The van der Waals surface area contributed by atoms with Gasteiger partial charge in [0.05, 0.1) is 0 Å². The second-order valence-corrected chi connectivity index (χ2v) is 7.87. The Morgan fingerprint density at radius 3 is 2.71 bits per heavy atom. The van der Waals surface area contributed by atoms with Crippen molar-refractivity contribution < 1.29 is 0 Å².